The highest BCUT2D eigenvalue weighted by Crippen LogP contribution is 2.33. The number of hydrogen-bond donors (Lipinski definition) is 1. The van der Waals surface area contributed by atoms with E-state index in [-0.39, 0.29) is 12.0 Å². The first-order chi connectivity index (χ1) is 15.0. The predicted octanol–water partition coefficient (Wildman–Crippen LogP) is 5.36. The van der Waals surface area contributed by atoms with Gasteiger partial charge in [-0.3, -0.25) is 4.79 Å². The largest absolute Gasteiger partial charge is 0.416 e. The topological polar surface area (TPSA) is 70.2 Å². The first-order valence-electron chi connectivity index (χ1n) is 9.70. The van der Waals surface area contributed by atoms with Crippen LogP contribution in [-0.4, -0.2) is 16.7 Å². The third-order valence-corrected chi connectivity index (χ3v) is 6.36. The zero-order valence-electron chi connectivity index (χ0n) is 18.0. The number of aromatic nitrogens is 1. The number of hydrogen-bond acceptors (Lipinski definition) is 4. The fourth-order valence-corrected chi connectivity index (χ4v) is 4.60. The highest BCUT2D eigenvalue weighted by atomic mass is 32.1. The van der Waals surface area contributed by atoms with Gasteiger partial charge in [-0.15, -0.1) is 11.3 Å². The minimum atomic E-state index is -4.46. The van der Waals surface area contributed by atoms with Gasteiger partial charge < -0.3 is 4.57 Å². The van der Waals surface area contributed by atoms with E-state index in [1.54, 1.807) is 0 Å². The lowest BCUT2D eigenvalue weighted by atomic mass is 10.1. The zero-order chi connectivity index (χ0) is 23.6. The molecule has 32 heavy (non-hydrogen) atoms. The van der Waals surface area contributed by atoms with Crippen molar-refractivity contribution < 1.29 is 18.0 Å². The Bertz CT molecular complexity index is 1250. The zero-order valence-corrected chi connectivity index (χ0v) is 18.8. The molecular weight excluding hydrogens is 437 g/mol. The van der Waals surface area contributed by atoms with Gasteiger partial charge in [0.15, 0.2) is 0 Å². The fraction of sp³-hybridized carbons (Fsp3) is 0.261. The lowest BCUT2D eigenvalue weighted by molar-refractivity contribution is -0.137. The van der Waals surface area contributed by atoms with Crippen LogP contribution in [0.3, 0.4) is 0 Å². The smallest absolute Gasteiger partial charge is 0.308 e. The summed E-state index contributed by atoms with van der Waals surface area (Å²) in [5, 5.41) is 14.4. The highest BCUT2D eigenvalue weighted by molar-refractivity contribution is 7.14. The van der Waals surface area contributed by atoms with Crippen molar-refractivity contribution in [2.75, 3.05) is 0 Å². The molecule has 3 rings (SSSR count). The molecule has 0 atom stereocenters. The second-order valence-corrected chi connectivity index (χ2v) is 8.61. The summed E-state index contributed by atoms with van der Waals surface area (Å²) in [7, 11) is 0. The Morgan fingerprint density at radius 3 is 2.62 bits per heavy atom. The number of nitriles is 1. The van der Waals surface area contributed by atoms with Crippen molar-refractivity contribution in [2.24, 2.45) is 5.10 Å². The third kappa shape index (κ3) is 4.75. The summed E-state index contributed by atoms with van der Waals surface area (Å²) in [5.41, 5.74) is 5.93. The Morgan fingerprint density at radius 2 is 1.97 bits per heavy atom. The molecule has 166 valence electrons. The van der Waals surface area contributed by atoms with Crippen molar-refractivity contribution in [1.82, 2.24) is 9.99 Å². The summed E-state index contributed by atoms with van der Waals surface area (Å²) >= 11 is 1.54. The van der Waals surface area contributed by atoms with Gasteiger partial charge in [0.05, 0.1) is 23.8 Å². The fourth-order valence-electron chi connectivity index (χ4n) is 3.39. The monoisotopic (exact) mass is 458 g/mol. The molecule has 0 aliphatic heterocycles. The second-order valence-electron chi connectivity index (χ2n) is 7.41. The molecule has 0 aliphatic rings. The van der Waals surface area contributed by atoms with Gasteiger partial charge in [-0.05, 0) is 51.0 Å². The Labute approximate surface area is 187 Å². The van der Waals surface area contributed by atoms with Gasteiger partial charge >= 0.3 is 6.18 Å². The normalized spacial score (nSPS) is 11.7. The van der Waals surface area contributed by atoms with Crippen LogP contribution in [0, 0.1) is 39.0 Å². The molecule has 0 aliphatic carbocycles. The quantitative estimate of drug-likeness (QED) is 0.413. The Kier molecular flexibility index (Phi) is 6.55. The summed E-state index contributed by atoms with van der Waals surface area (Å²) < 4.78 is 40.4. The number of rotatable bonds is 5. The predicted molar refractivity (Wildman–Crippen MR) is 118 cm³/mol. The van der Waals surface area contributed by atoms with Crippen LogP contribution in [0.2, 0.25) is 0 Å². The van der Waals surface area contributed by atoms with Crippen LogP contribution in [0.4, 0.5) is 13.2 Å². The molecule has 0 bridgehead atoms. The van der Waals surface area contributed by atoms with E-state index >= 15 is 0 Å². The van der Waals surface area contributed by atoms with Crippen LogP contribution in [-0.2, 0) is 17.4 Å². The van der Waals surface area contributed by atoms with E-state index in [4.69, 9.17) is 0 Å². The Hall–Kier alpha value is -3.38. The second kappa shape index (κ2) is 9.01. The van der Waals surface area contributed by atoms with Gasteiger partial charge in [-0.1, -0.05) is 18.2 Å². The Morgan fingerprint density at radius 1 is 1.25 bits per heavy atom. The van der Waals surface area contributed by atoms with Crippen molar-refractivity contribution in [3.05, 3.63) is 74.4 Å². The first-order valence-corrected chi connectivity index (χ1v) is 10.5. The molecule has 0 unspecified atom stereocenters. The molecule has 0 radical (unpaired) electrons. The summed E-state index contributed by atoms with van der Waals surface area (Å²) in [4.78, 5) is 13.2. The van der Waals surface area contributed by atoms with Crippen molar-refractivity contribution in [3.63, 3.8) is 0 Å². The number of carbonyl (C=O) groups excluding carboxylic acids is 1. The van der Waals surface area contributed by atoms with E-state index in [1.807, 2.05) is 38.3 Å². The summed E-state index contributed by atoms with van der Waals surface area (Å²) in [6.45, 7) is 7.71. The third-order valence-electron chi connectivity index (χ3n) is 5.16. The molecule has 3 aromatic rings. The van der Waals surface area contributed by atoms with Gasteiger partial charge in [0, 0.05) is 21.8 Å². The molecule has 2 aromatic heterocycles. The van der Waals surface area contributed by atoms with E-state index in [0.717, 1.165) is 44.5 Å². The maximum absolute atomic E-state index is 12.8. The number of aryl methyl sites for hydroxylation is 2. The number of benzene rings is 1. The maximum Gasteiger partial charge on any atom is 0.416 e. The number of thiophene rings is 1. The Balaban J connectivity index is 1.75. The number of halogens is 3. The van der Waals surface area contributed by atoms with E-state index in [9.17, 15) is 23.2 Å². The molecular formula is C23H21F3N4OS. The summed E-state index contributed by atoms with van der Waals surface area (Å²) in [5.74, 6) is -0.523. The molecule has 0 saturated heterocycles. The van der Waals surface area contributed by atoms with Crippen LogP contribution in [0.25, 0.3) is 5.00 Å². The molecule has 9 heteroatoms. The van der Waals surface area contributed by atoms with E-state index in [1.165, 1.54) is 29.7 Å². The van der Waals surface area contributed by atoms with Crippen molar-refractivity contribution in [1.29, 1.82) is 5.26 Å². The molecule has 5 nitrogen and oxygen atoms in total. The molecule has 0 saturated carbocycles. The number of alkyl halides is 3. The molecule has 1 amide bonds. The molecule has 0 spiro atoms. The lowest BCUT2D eigenvalue weighted by Gasteiger charge is -2.08. The lowest BCUT2D eigenvalue weighted by Crippen LogP contribution is -2.20. The average Bonchev–Trinajstić information content (AvgIpc) is 3.15. The van der Waals surface area contributed by atoms with Crippen LogP contribution in [0.15, 0.2) is 35.4 Å². The van der Waals surface area contributed by atoms with E-state index in [2.05, 4.69) is 16.6 Å². The van der Waals surface area contributed by atoms with E-state index < -0.39 is 17.6 Å². The van der Waals surface area contributed by atoms with Crippen LogP contribution < -0.4 is 5.43 Å². The van der Waals surface area contributed by atoms with Gasteiger partial charge in [0.1, 0.15) is 11.1 Å². The molecule has 1 N–H and O–H groups in total. The van der Waals surface area contributed by atoms with Gasteiger partial charge in [0.2, 0.25) is 5.91 Å². The summed E-state index contributed by atoms with van der Waals surface area (Å²) in [6.07, 6.45) is -3.19. The minimum Gasteiger partial charge on any atom is -0.308 e. The number of carbonyl (C=O) groups is 1. The van der Waals surface area contributed by atoms with Gasteiger partial charge in [0.25, 0.3) is 0 Å². The van der Waals surface area contributed by atoms with Crippen LogP contribution >= 0.6 is 11.3 Å². The van der Waals surface area contributed by atoms with Crippen LogP contribution in [0.1, 0.15) is 44.1 Å². The van der Waals surface area contributed by atoms with Gasteiger partial charge in [-0.25, -0.2) is 5.43 Å². The van der Waals surface area contributed by atoms with Crippen molar-refractivity contribution >= 4 is 23.5 Å². The van der Waals surface area contributed by atoms with Crippen LogP contribution in [0.5, 0.6) is 0 Å². The maximum atomic E-state index is 12.8. The number of hydrazone groups is 1. The highest BCUT2D eigenvalue weighted by Gasteiger charge is 2.30. The molecule has 2 heterocycles. The number of nitrogens with one attached hydrogen (secondary N) is 1. The molecule has 0 fully saturated rings. The minimum absolute atomic E-state index is 0.223. The number of amides is 1. The van der Waals surface area contributed by atoms with E-state index in [0.29, 0.717) is 5.56 Å². The average molecular weight is 459 g/mol. The SMILES string of the molecule is Cc1sc(-n2c(C)cc(/C=N/NC(=O)Cc3cccc(C(F)(F)F)c3)c2C)c(C#N)c1C. The first kappa shape index (κ1) is 23.3. The number of nitrogens with zero attached hydrogens (tertiary/aromatic N) is 3. The standard InChI is InChI=1S/C23H21F3N4OS/c1-13-8-18(15(3)30(13)22-20(11-27)14(2)16(4)32-22)12-28-29-21(31)10-17-6-5-7-19(9-17)23(24,25)26/h5-9,12H,10H2,1-4H3,(H,29,31)/b28-12+. The van der Waals surface area contributed by atoms with Crippen molar-refractivity contribution in [2.45, 2.75) is 40.3 Å². The van der Waals surface area contributed by atoms with Gasteiger partial charge in [-0.2, -0.15) is 23.5 Å². The summed E-state index contributed by atoms with van der Waals surface area (Å²) in [6, 6.07) is 8.81. The molecule has 1 aromatic carbocycles. The van der Waals surface area contributed by atoms with Crippen molar-refractivity contribution in [3.8, 4) is 11.1 Å².